The van der Waals surface area contributed by atoms with Crippen LogP contribution in [0.4, 0.5) is 0 Å². The largest absolute Gasteiger partial charge is 0.488 e. The lowest BCUT2D eigenvalue weighted by Gasteiger charge is -2.18. The summed E-state index contributed by atoms with van der Waals surface area (Å²) >= 11 is 3.17. The number of aliphatic carboxylic acids is 1. The van der Waals surface area contributed by atoms with E-state index < -0.39 is 23.4 Å². The number of carboxylic acids is 1. The first kappa shape index (κ1) is 18.0. The maximum atomic E-state index is 11.0. The first-order valence-electron chi connectivity index (χ1n) is 7.34. The molecular formula is C18H17BrO5. The van der Waals surface area contributed by atoms with Gasteiger partial charge in [-0.3, -0.25) is 9.59 Å². The highest BCUT2D eigenvalue weighted by Crippen LogP contribution is 2.27. The Balaban J connectivity index is 0.000000214. The van der Waals surface area contributed by atoms with Crippen LogP contribution in [0.3, 0.4) is 0 Å². The van der Waals surface area contributed by atoms with E-state index in [2.05, 4.69) is 22.0 Å². The van der Waals surface area contributed by atoms with Gasteiger partial charge in [0.1, 0.15) is 18.8 Å². The number of fused-ring (bicyclic) bond motifs is 1. The lowest BCUT2D eigenvalue weighted by molar-refractivity contribution is -0.152. The molecule has 0 saturated carbocycles. The van der Waals surface area contributed by atoms with Gasteiger partial charge in [-0.1, -0.05) is 48.5 Å². The third-order valence-electron chi connectivity index (χ3n) is 3.15. The number of esters is 1. The molecule has 126 valence electrons. The van der Waals surface area contributed by atoms with Crippen LogP contribution in [0, 0.1) is 0 Å². The summed E-state index contributed by atoms with van der Waals surface area (Å²) < 4.78 is 9.94. The van der Waals surface area contributed by atoms with Crippen LogP contribution < -0.4 is 4.74 Å². The van der Waals surface area contributed by atoms with Crippen molar-refractivity contribution in [2.45, 2.75) is 24.5 Å². The highest BCUT2D eigenvalue weighted by Gasteiger charge is 2.14. The summed E-state index contributed by atoms with van der Waals surface area (Å²) in [6.07, 6.45) is -0.108. The standard InChI is InChI=1S/C11H11BrO4.C7H6O/c12-9(16-11(15)7-10(13)14)6-8-4-2-1-3-5-8;1-2-4-7-6(3-1)5-8-7/h1-5,9H,6-7H2,(H,13,14);1-4H,5H2. The molecule has 0 aliphatic carbocycles. The number of alkyl halides is 1. The number of benzene rings is 2. The van der Waals surface area contributed by atoms with Gasteiger partial charge < -0.3 is 14.6 Å². The highest BCUT2D eigenvalue weighted by atomic mass is 79.9. The number of carbonyl (C=O) groups is 2. The van der Waals surface area contributed by atoms with Gasteiger partial charge in [-0.15, -0.1) is 0 Å². The predicted octanol–water partition coefficient (Wildman–Crippen LogP) is 3.55. The fraction of sp³-hybridized carbons (Fsp3) is 0.222. The van der Waals surface area contributed by atoms with E-state index in [-0.39, 0.29) is 0 Å². The maximum absolute atomic E-state index is 11.0. The van der Waals surface area contributed by atoms with Crippen molar-refractivity contribution in [1.29, 1.82) is 0 Å². The number of ether oxygens (including phenoxy) is 2. The molecule has 0 saturated heterocycles. The molecule has 1 N–H and O–H groups in total. The number of carbonyl (C=O) groups excluding carboxylic acids is 1. The molecule has 1 unspecified atom stereocenters. The molecule has 2 aromatic rings. The van der Waals surface area contributed by atoms with Crippen molar-refractivity contribution in [3.63, 3.8) is 0 Å². The number of rotatable bonds is 5. The van der Waals surface area contributed by atoms with Gasteiger partial charge in [0.25, 0.3) is 0 Å². The van der Waals surface area contributed by atoms with Crippen molar-refractivity contribution in [3.8, 4) is 5.75 Å². The van der Waals surface area contributed by atoms with E-state index in [9.17, 15) is 9.59 Å². The van der Waals surface area contributed by atoms with E-state index in [0.29, 0.717) is 6.42 Å². The van der Waals surface area contributed by atoms with Gasteiger partial charge in [-0.25, -0.2) is 0 Å². The molecule has 1 heterocycles. The minimum Gasteiger partial charge on any atom is -0.488 e. The second kappa shape index (κ2) is 9.08. The minimum absolute atomic E-state index is 0.498. The van der Waals surface area contributed by atoms with Gasteiger partial charge in [-0.2, -0.15) is 0 Å². The quantitative estimate of drug-likeness (QED) is 0.478. The molecule has 3 rings (SSSR count). The van der Waals surface area contributed by atoms with Crippen molar-refractivity contribution < 1.29 is 24.2 Å². The van der Waals surface area contributed by atoms with E-state index in [0.717, 1.165) is 17.9 Å². The van der Waals surface area contributed by atoms with Crippen LogP contribution >= 0.6 is 15.9 Å². The van der Waals surface area contributed by atoms with Crippen molar-refractivity contribution in [3.05, 3.63) is 65.7 Å². The Morgan fingerprint density at radius 1 is 1.12 bits per heavy atom. The number of para-hydroxylation sites is 1. The summed E-state index contributed by atoms with van der Waals surface area (Å²) in [6.45, 7) is 0.802. The third-order valence-corrected chi connectivity index (χ3v) is 3.66. The number of carboxylic acid groups (broad SMARTS) is 1. The summed E-state index contributed by atoms with van der Waals surface area (Å²) in [6, 6.07) is 17.5. The monoisotopic (exact) mass is 392 g/mol. The Bertz CT molecular complexity index is 664. The van der Waals surface area contributed by atoms with E-state index in [4.69, 9.17) is 14.6 Å². The Labute approximate surface area is 148 Å². The molecule has 2 aromatic carbocycles. The van der Waals surface area contributed by atoms with Crippen LogP contribution in [0.2, 0.25) is 0 Å². The molecule has 0 fully saturated rings. The van der Waals surface area contributed by atoms with Crippen molar-refractivity contribution in [1.82, 2.24) is 0 Å². The van der Waals surface area contributed by atoms with Crippen LogP contribution in [0.25, 0.3) is 0 Å². The van der Waals surface area contributed by atoms with Gasteiger partial charge >= 0.3 is 11.9 Å². The Kier molecular flexibility index (Phi) is 6.81. The molecule has 0 spiro atoms. The minimum atomic E-state index is -1.19. The lowest BCUT2D eigenvalue weighted by Crippen LogP contribution is -2.17. The van der Waals surface area contributed by atoms with Crippen LogP contribution in [-0.4, -0.2) is 22.1 Å². The molecule has 0 aromatic heterocycles. The molecular weight excluding hydrogens is 376 g/mol. The summed E-state index contributed by atoms with van der Waals surface area (Å²) in [5.74, 6) is -0.887. The van der Waals surface area contributed by atoms with E-state index >= 15 is 0 Å². The van der Waals surface area contributed by atoms with Crippen molar-refractivity contribution in [2.24, 2.45) is 0 Å². The number of hydrogen-bond donors (Lipinski definition) is 1. The highest BCUT2D eigenvalue weighted by molar-refractivity contribution is 9.09. The van der Waals surface area contributed by atoms with Gasteiger partial charge in [0.05, 0.1) is 0 Å². The zero-order chi connectivity index (χ0) is 17.4. The van der Waals surface area contributed by atoms with E-state index in [1.54, 1.807) is 0 Å². The first-order valence-corrected chi connectivity index (χ1v) is 8.26. The molecule has 1 aliphatic heterocycles. The molecule has 0 radical (unpaired) electrons. The summed E-state index contributed by atoms with van der Waals surface area (Å²) in [4.78, 5) is 21.3. The molecule has 6 heteroatoms. The molecule has 5 nitrogen and oxygen atoms in total. The average Bonchev–Trinajstić information content (AvgIpc) is 2.49. The molecule has 24 heavy (non-hydrogen) atoms. The zero-order valence-electron chi connectivity index (χ0n) is 12.9. The second-order valence-corrected chi connectivity index (χ2v) is 6.08. The Morgan fingerprint density at radius 3 is 2.29 bits per heavy atom. The summed E-state index contributed by atoms with van der Waals surface area (Å²) in [5, 5.41) is 7.87. The van der Waals surface area contributed by atoms with E-state index in [1.165, 1.54) is 5.56 Å². The van der Waals surface area contributed by atoms with Gasteiger partial charge in [0.2, 0.25) is 0 Å². The Morgan fingerprint density at radius 2 is 1.79 bits per heavy atom. The van der Waals surface area contributed by atoms with Crippen LogP contribution in [0.15, 0.2) is 54.6 Å². The van der Waals surface area contributed by atoms with E-state index in [1.807, 2.05) is 48.5 Å². The fourth-order valence-corrected chi connectivity index (χ4v) is 2.57. The normalized spacial score (nSPS) is 12.4. The van der Waals surface area contributed by atoms with Crippen LogP contribution in [0.5, 0.6) is 5.75 Å². The number of hydrogen-bond acceptors (Lipinski definition) is 4. The van der Waals surface area contributed by atoms with Gasteiger partial charge in [0, 0.05) is 12.0 Å². The zero-order valence-corrected chi connectivity index (χ0v) is 14.4. The lowest BCUT2D eigenvalue weighted by atomic mass is 10.1. The smallest absolute Gasteiger partial charge is 0.318 e. The first-order chi connectivity index (χ1) is 11.5. The summed E-state index contributed by atoms with van der Waals surface area (Å²) in [5.41, 5.74) is 2.33. The van der Waals surface area contributed by atoms with Gasteiger partial charge in [-0.05, 0) is 27.6 Å². The molecule has 1 atom stereocenters. The maximum Gasteiger partial charge on any atom is 0.318 e. The molecule has 0 bridgehead atoms. The fourth-order valence-electron chi connectivity index (χ4n) is 1.99. The molecule has 0 amide bonds. The number of halogens is 1. The topological polar surface area (TPSA) is 72.8 Å². The summed E-state index contributed by atoms with van der Waals surface area (Å²) in [7, 11) is 0. The van der Waals surface area contributed by atoms with Crippen LogP contribution in [-0.2, 0) is 27.4 Å². The second-order valence-electron chi connectivity index (χ2n) is 5.06. The van der Waals surface area contributed by atoms with Crippen molar-refractivity contribution >= 4 is 27.9 Å². The predicted molar refractivity (Wildman–Crippen MR) is 92.0 cm³/mol. The Hall–Kier alpha value is -2.34. The van der Waals surface area contributed by atoms with Gasteiger partial charge in [0.15, 0.2) is 5.01 Å². The molecule has 1 aliphatic rings. The van der Waals surface area contributed by atoms with Crippen LogP contribution in [0.1, 0.15) is 17.5 Å². The average molecular weight is 393 g/mol. The SMILES string of the molecule is O=C(O)CC(=O)OC(Br)Cc1ccccc1.c1ccc2c(c1)CO2. The third kappa shape index (κ3) is 6.04. The van der Waals surface area contributed by atoms with Crippen molar-refractivity contribution in [2.75, 3.05) is 0 Å².